The molecule has 1 amide bonds. The van der Waals surface area contributed by atoms with Gasteiger partial charge in [-0.1, -0.05) is 0 Å². The lowest BCUT2D eigenvalue weighted by Crippen LogP contribution is -2.57. The van der Waals surface area contributed by atoms with E-state index in [1.807, 2.05) is 18.7 Å². The summed E-state index contributed by atoms with van der Waals surface area (Å²) >= 11 is 0. The maximum Gasteiger partial charge on any atom is 0.230 e. The molecule has 0 atom stereocenters. The van der Waals surface area contributed by atoms with E-state index in [2.05, 4.69) is 4.90 Å². The average molecular weight is 299 g/mol. The highest BCUT2D eigenvalue weighted by Gasteiger charge is 2.42. The number of aliphatic hydroxyl groups is 1. The van der Waals surface area contributed by atoms with E-state index in [1.165, 1.54) is 0 Å². The fourth-order valence-electron chi connectivity index (χ4n) is 3.26. The highest BCUT2D eigenvalue weighted by atomic mass is 16.5. The molecule has 6 nitrogen and oxygen atoms in total. The number of hydrogen-bond acceptors (Lipinski definition) is 5. The molecule has 2 saturated heterocycles. The van der Waals surface area contributed by atoms with Crippen molar-refractivity contribution in [2.24, 2.45) is 11.1 Å². The summed E-state index contributed by atoms with van der Waals surface area (Å²) in [5.41, 5.74) is 4.80. The van der Waals surface area contributed by atoms with Gasteiger partial charge in [-0.2, -0.15) is 0 Å². The smallest absolute Gasteiger partial charge is 0.230 e. The molecular formula is C15H29N3O3. The number of β-amino-alcohol motifs (C(OH)–C–C–N with tert-alkyl or cyclic N) is 1. The number of piperazine rings is 1. The molecule has 0 spiro atoms. The van der Waals surface area contributed by atoms with E-state index >= 15 is 0 Å². The van der Waals surface area contributed by atoms with E-state index in [-0.39, 0.29) is 5.91 Å². The Labute approximate surface area is 127 Å². The lowest BCUT2D eigenvalue weighted by atomic mass is 9.78. The molecule has 0 unspecified atom stereocenters. The first-order valence-electron chi connectivity index (χ1n) is 7.88. The van der Waals surface area contributed by atoms with Crippen molar-refractivity contribution in [3.05, 3.63) is 0 Å². The molecule has 0 aliphatic carbocycles. The van der Waals surface area contributed by atoms with Crippen LogP contribution in [-0.2, 0) is 9.53 Å². The van der Waals surface area contributed by atoms with Crippen molar-refractivity contribution in [3.8, 4) is 0 Å². The van der Waals surface area contributed by atoms with Gasteiger partial charge in [0.25, 0.3) is 0 Å². The number of carbonyl (C=O) groups excluding carboxylic acids is 1. The van der Waals surface area contributed by atoms with Crippen molar-refractivity contribution in [1.29, 1.82) is 0 Å². The third kappa shape index (κ3) is 4.16. The quantitative estimate of drug-likeness (QED) is 0.742. The van der Waals surface area contributed by atoms with Crippen LogP contribution in [0.5, 0.6) is 0 Å². The van der Waals surface area contributed by atoms with Gasteiger partial charge < -0.3 is 20.5 Å². The molecule has 0 radical (unpaired) electrons. The molecule has 2 rings (SSSR count). The summed E-state index contributed by atoms with van der Waals surface area (Å²) in [6, 6.07) is 0. The van der Waals surface area contributed by atoms with Crippen LogP contribution in [0, 0.1) is 5.41 Å². The Morgan fingerprint density at radius 1 is 1.24 bits per heavy atom. The zero-order valence-electron chi connectivity index (χ0n) is 13.3. The zero-order valence-corrected chi connectivity index (χ0v) is 13.3. The molecule has 0 aromatic heterocycles. The number of carbonyl (C=O) groups is 1. The van der Waals surface area contributed by atoms with Gasteiger partial charge in [0.2, 0.25) is 5.91 Å². The normalized spacial score (nSPS) is 24.1. The van der Waals surface area contributed by atoms with Crippen molar-refractivity contribution < 1.29 is 14.6 Å². The van der Waals surface area contributed by atoms with Gasteiger partial charge >= 0.3 is 0 Å². The summed E-state index contributed by atoms with van der Waals surface area (Å²) in [6.45, 7) is 8.99. The molecular weight excluding hydrogens is 270 g/mol. The van der Waals surface area contributed by atoms with Gasteiger partial charge in [0.15, 0.2) is 0 Å². The number of amides is 1. The minimum absolute atomic E-state index is 0.191. The summed E-state index contributed by atoms with van der Waals surface area (Å²) in [5, 5.41) is 9.88. The van der Waals surface area contributed by atoms with Crippen LogP contribution in [0.3, 0.4) is 0 Å². The van der Waals surface area contributed by atoms with Gasteiger partial charge in [0.05, 0.1) is 11.0 Å². The van der Waals surface area contributed by atoms with Crippen LogP contribution in [0.2, 0.25) is 0 Å². The number of nitrogens with two attached hydrogens (primary N) is 1. The molecule has 122 valence electrons. The minimum atomic E-state index is -0.689. The third-order valence-corrected chi connectivity index (χ3v) is 4.56. The van der Waals surface area contributed by atoms with Crippen LogP contribution in [0.1, 0.15) is 26.7 Å². The topological polar surface area (TPSA) is 79.0 Å². The molecule has 2 aliphatic rings. The Hall–Kier alpha value is -0.690. The van der Waals surface area contributed by atoms with Gasteiger partial charge in [-0.05, 0) is 26.7 Å². The van der Waals surface area contributed by atoms with Crippen molar-refractivity contribution in [2.45, 2.75) is 32.3 Å². The van der Waals surface area contributed by atoms with Gasteiger partial charge in [-0.15, -0.1) is 0 Å². The molecule has 3 N–H and O–H groups in total. The van der Waals surface area contributed by atoms with Gasteiger partial charge in [-0.25, -0.2) is 0 Å². The lowest BCUT2D eigenvalue weighted by Gasteiger charge is -2.43. The molecule has 0 aromatic carbocycles. The fraction of sp³-hybridized carbons (Fsp3) is 0.933. The molecule has 2 aliphatic heterocycles. The second-order valence-corrected chi connectivity index (χ2v) is 6.98. The maximum atomic E-state index is 12.8. The molecule has 0 bridgehead atoms. The molecule has 0 aromatic rings. The first-order chi connectivity index (χ1) is 9.86. The van der Waals surface area contributed by atoms with Gasteiger partial charge in [0.1, 0.15) is 0 Å². The fourth-order valence-corrected chi connectivity index (χ4v) is 3.26. The predicted molar refractivity (Wildman–Crippen MR) is 80.9 cm³/mol. The largest absolute Gasteiger partial charge is 0.389 e. The molecule has 21 heavy (non-hydrogen) atoms. The number of rotatable bonds is 4. The summed E-state index contributed by atoms with van der Waals surface area (Å²) in [4.78, 5) is 17.0. The lowest BCUT2D eigenvalue weighted by molar-refractivity contribution is -0.149. The van der Waals surface area contributed by atoms with E-state index in [0.717, 1.165) is 39.0 Å². The Morgan fingerprint density at radius 3 is 2.29 bits per heavy atom. The summed E-state index contributed by atoms with van der Waals surface area (Å²) in [6.07, 6.45) is 1.46. The SMILES string of the molecule is CC(C)(O)CN1CCN(C(=O)C2(CN)CCOCC2)CC1. The van der Waals surface area contributed by atoms with Crippen molar-refractivity contribution >= 4 is 5.91 Å². The average Bonchev–Trinajstić information content (AvgIpc) is 2.46. The van der Waals surface area contributed by atoms with E-state index in [9.17, 15) is 9.90 Å². The molecule has 2 heterocycles. The second-order valence-electron chi connectivity index (χ2n) is 6.98. The maximum absolute atomic E-state index is 12.8. The predicted octanol–water partition coefficient (Wildman–Crippen LogP) is -0.343. The Kier molecular flexibility index (Phi) is 5.24. The van der Waals surface area contributed by atoms with Crippen molar-refractivity contribution in [1.82, 2.24) is 9.80 Å². The molecule has 2 fully saturated rings. The highest BCUT2D eigenvalue weighted by Crippen LogP contribution is 2.32. The van der Waals surface area contributed by atoms with Crippen LogP contribution >= 0.6 is 0 Å². The van der Waals surface area contributed by atoms with Crippen LogP contribution in [-0.4, -0.2) is 78.9 Å². The summed E-state index contributed by atoms with van der Waals surface area (Å²) in [5.74, 6) is 0.191. The zero-order chi connectivity index (χ0) is 15.5. The number of nitrogens with zero attached hydrogens (tertiary/aromatic N) is 2. The van der Waals surface area contributed by atoms with Crippen LogP contribution in [0.4, 0.5) is 0 Å². The first kappa shape index (κ1) is 16.7. The van der Waals surface area contributed by atoms with E-state index in [1.54, 1.807) is 0 Å². The number of ether oxygens (including phenoxy) is 1. The molecule has 6 heteroatoms. The van der Waals surface area contributed by atoms with Gasteiger partial charge in [-0.3, -0.25) is 9.69 Å². The van der Waals surface area contributed by atoms with E-state index < -0.39 is 11.0 Å². The Balaban J connectivity index is 1.90. The number of hydrogen-bond donors (Lipinski definition) is 2. The van der Waals surface area contributed by atoms with E-state index in [0.29, 0.717) is 26.3 Å². The van der Waals surface area contributed by atoms with Gasteiger partial charge in [0, 0.05) is 52.5 Å². The first-order valence-corrected chi connectivity index (χ1v) is 7.88. The Morgan fingerprint density at radius 2 is 1.81 bits per heavy atom. The summed E-state index contributed by atoms with van der Waals surface area (Å²) in [7, 11) is 0. The van der Waals surface area contributed by atoms with Crippen LogP contribution < -0.4 is 5.73 Å². The Bertz CT molecular complexity index is 354. The van der Waals surface area contributed by atoms with Crippen LogP contribution in [0.15, 0.2) is 0 Å². The summed E-state index contributed by atoms with van der Waals surface area (Å²) < 4.78 is 5.37. The standard InChI is InChI=1S/C15H29N3O3/c1-14(2,20)12-17-5-7-18(8-6-17)13(19)15(11-16)3-9-21-10-4-15/h20H,3-12,16H2,1-2H3. The third-order valence-electron chi connectivity index (χ3n) is 4.56. The van der Waals surface area contributed by atoms with Crippen LogP contribution in [0.25, 0.3) is 0 Å². The monoisotopic (exact) mass is 299 g/mol. The second kappa shape index (κ2) is 6.60. The molecule has 0 saturated carbocycles. The minimum Gasteiger partial charge on any atom is -0.389 e. The van der Waals surface area contributed by atoms with Crippen molar-refractivity contribution in [3.63, 3.8) is 0 Å². The van der Waals surface area contributed by atoms with E-state index in [4.69, 9.17) is 10.5 Å². The highest BCUT2D eigenvalue weighted by molar-refractivity contribution is 5.83. The van der Waals surface area contributed by atoms with Crippen molar-refractivity contribution in [2.75, 3.05) is 52.5 Å².